The van der Waals surface area contributed by atoms with Crippen molar-refractivity contribution in [3.05, 3.63) is 53.9 Å². The second-order valence-electron chi connectivity index (χ2n) is 5.82. The van der Waals surface area contributed by atoms with Crippen molar-refractivity contribution in [3.8, 4) is 28.6 Å². The van der Waals surface area contributed by atoms with Crippen LogP contribution in [0.1, 0.15) is 17.9 Å². The number of methoxy groups -OCH3 is 2. The van der Waals surface area contributed by atoms with Crippen LogP contribution in [0.3, 0.4) is 0 Å². The van der Waals surface area contributed by atoms with Crippen LogP contribution in [-0.2, 0) is 4.79 Å². The molecule has 0 aliphatic rings. The van der Waals surface area contributed by atoms with E-state index in [0.29, 0.717) is 28.2 Å². The predicted molar refractivity (Wildman–Crippen MR) is 101 cm³/mol. The minimum absolute atomic E-state index is 0.0975. The lowest BCUT2D eigenvalue weighted by molar-refractivity contribution is -0.135. The number of aliphatic carboxylic acids is 1. The Morgan fingerprint density at radius 2 is 1.82 bits per heavy atom. The third-order valence-corrected chi connectivity index (χ3v) is 3.92. The number of carbonyl (C=O) groups is 1. The number of hydrogen-bond donors (Lipinski definition) is 2. The average molecular weight is 382 g/mol. The zero-order chi connectivity index (χ0) is 20.1. The smallest absolute Gasteiger partial charge is 0.308 e. The number of nitrogens with zero attached hydrogens (tertiary/aromatic N) is 2. The number of phenolic OH excluding ortho intramolecular Hbond substituents is 1. The van der Waals surface area contributed by atoms with Gasteiger partial charge in [0.1, 0.15) is 5.75 Å². The summed E-state index contributed by atoms with van der Waals surface area (Å²) < 4.78 is 15.8. The normalized spacial score (nSPS) is 11.3. The van der Waals surface area contributed by atoms with Crippen LogP contribution >= 0.6 is 0 Å². The van der Waals surface area contributed by atoms with E-state index in [9.17, 15) is 15.0 Å². The summed E-state index contributed by atoms with van der Waals surface area (Å²) in [5.74, 6) is 0.546. The van der Waals surface area contributed by atoms with Gasteiger partial charge in [-0.2, -0.15) is 4.98 Å². The zero-order valence-electron chi connectivity index (χ0n) is 15.2. The van der Waals surface area contributed by atoms with Crippen molar-refractivity contribution in [1.29, 1.82) is 0 Å². The first kappa shape index (κ1) is 19.0. The molecule has 0 spiro atoms. The molecule has 1 aromatic heterocycles. The lowest BCUT2D eigenvalue weighted by atomic mass is 10.1. The van der Waals surface area contributed by atoms with E-state index in [1.165, 1.54) is 26.4 Å². The molecule has 0 radical (unpaired) electrons. The Morgan fingerprint density at radius 1 is 1.11 bits per heavy atom. The third-order valence-electron chi connectivity index (χ3n) is 3.92. The second-order valence-corrected chi connectivity index (χ2v) is 5.82. The van der Waals surface area contributed by atoms with Gasteiger partial charge >= 0.3 is 5.97 Å². The van der Waals surface area contributed by atoms with Crippen molar-refractivity contribution in [3.63, 3.8) is 0 Å². The Balaban J connectivity index is 1.96. The average Bonchev–Trinajstić information content (AvgIpc) is 3.18. The lowest BCUT2D eigenvalue weighted by Crippen LogP contribution is -1.97. The van der Waals surface area contributed by atoms with Gasteiger partial charge in [0.2, 0.25) is 5.82 Å². The fourth-order valence-electron chi connectivity index (χ4n) is 2.57. The molecule has 0 amide bonds. The fraction of sp³-hybridized carbons (Fsp3) is 0.150. The first-order valence-corrected chi connectivity index (χ1v) is 8.28. The van der Waals surface area contributed by atoms with Crippen molar-refractivity contribution in [1.82, 2.24) is 10.1 Å². The van der Waals surface area contributed by atoms with E-state index in [-0.39, 0.29) is 23.9 Å². The van der Waals surface area contributed by atoms with E-state index in [0.717, 1.165) is 0 Å². The van der Waals surface area contributed by atoms with Crippen LogP contribution in [-0.4, -0.2) is 40.5 Å². The largest absolute Gasteiger partial charge is 0.508 e. The number of carboxylic acid groups (broad SMARTS) is 1. The molecule has 0 bridgehead atoms. The first-order chi connectivity index (χ1) is 13.5. The number of carboxylic acids is 1. The molecule has 0 saturated carbocycles. The van der Waals surface area contributed by atoms with Gasteiger partial charge in [-0.1, -0.05) is 17.3 Å². The van der Waals surface area contributed by atoms with Crippen LogP contribution in [0.5, 0.6) is 17.2 Å². The molecule has 3 aromatic rings. The van der Waals surface area contributed by atoms with E-state index >= 15 is 0 Å². The number of benzene rings is 2. The number of ether oxygens (including phenoxy) is 2. The standard InChI is InChI=1S/C20H18N2O6/c1-26-16-8-5-13(10-17(16)27-2)19-21-20(28-22-19)14(11-18(24)25)9-12-3-6-15(23)7-4-12/h3-10,23H,11H2,1-2H3,(H,24,25)/b14-9+. The van der Waals surface area contributed by atoms with Crippen molar-refractivity contribution in [2.45, 2.75) is 6.42 Å². The van der Waals surface area contributed by atoms with Gasteiger partial charge in [-0.3, -0.25) is 4.79 Å². The summed E-state index contributed by atoms with van der Waals surface area (Å²) in [6.45, 7) is 0. The highest BCUT2D eigenvalue weighted by molar-refractivity contribution is 5.89. The highest BCUT2D eigenvalue weighted by atomic mass is 16.5. The van der Waals surface area contributed by atoms with Gasteiger partial charge in [0.05, 0.1) is 20.6 Å². The quantitative estimate of drug-likeness (QED) is 0.638. The van der Waals surface area contributed by atoms with Gasteiger partial charge in [0, 0.05) is 11.1 Å². The van der Waals surface area contributed by atoms with Gasteiger partial charge in [0.25, 0.3) is 5.89 Å². The molecule has 1 heterocycles. The topological polar surface area (TPSA) is 115 Å². The summed E-state index contributed by atoms with van der Waals surface area (Å²) in [5.41, 5.74) is 1.67. The summed E-state index contributed by atoms with van der Waals surface area (Å²) >= 11 is 0. The Morgan fingerprint density at radius 3 is 2.46 bits per heavy atom. The molecule has 2 aromatic carbocycles. The van der Waals surface area contributed by atoms with Crippen molar-refractivity contribution >= 4 is 17.6 Å². The molecule has 8 nitrogen and oxygen atoms in total. The number of phenols is 1. The monoisotopic (exact) mass is 382 g/mol. The summed E-state index contributed by atoms with van der Waals surface area (Å²) in [6.07, 6.45) is 1.33. The van der Waals surface area contributed by atoms with E-state index < -0.39 is 5.97 Å². The van der Waals surface area contributed by atoms with Crippen molar-refractivity contribution < 1.29 is 29.0 Å². The zero-order valence-corrected chi connectivity index (χ0v) is 15.2. The maximum Gasteiger partial charge on any atom is 0.308 e. The molecule has 0 aliphatic heterocycles. The summed E-state index contributed by atoms with van der Waals surface area (Å²) in [4.78, 5) is 15.6. The second kappa shape index (κ2) is 8.26. The number of hydrogen-bond acceptors (Lipinski definition) is 7. The van der Waals surface area contributed by atoms with Gasteiger partial charge < -0.3 is 24.2 Å². The van der Waals surface area contributed by atoms with Gasteiger partial charge in [-0.15, -0.1) is 0 Å². The minimum atomic E-state index is -1.03. The van der Waals surface area contributed by atoms with Gasteiger partial charge in [-0.25, -0.2) is 0 Å². The molecule has 0 unspecified atom stereocenters. The molecular weight excluding hydrogens is 364 g/mol. The molecule has 0 fully saturated rings. The van der Waals surface area contributed by atoms with Gasteiger partial charge in [0.15, 0.2) is 11.5 Å². The summed E-state index contributed by atoms with van der Waals surface area (Å²) in [6, 6.07) is 11.5. The number of aromatic hydroxyl groups is 1. The Labute approximate surface area is 160 Å². The predicted octanol–water partition coefficient (Wildman–Crippen LogP) is 3.47. The molecule has 28 heavy (non-hydrogen) atoms. The highest BCUT2D eigenvalue weighted by Crippen LogP contribution is 2.32. The van der Waals surface area contributed by atoms with Crippen LogP contribution in [0.4, 0.5) is 0 Å². The van der Waals surface area contributed by atoms with Crippen molar-refractivity contribution in [2.24, 2.45) is 0 Å². The summed E-state index contributed by atoms with van der Waals surface area (Å²) in [5, 5.41) is 22.5. The highest BCUT2D eigenvalue weighted by Gasteiger charge is 2.17. The molecule has 0 saturated heterocycles. The molecule has 2 N–H and O–H groups in total. The summed E-state index contributed by atoms with van der Waals surface area (Å²) in [7, 11) is 3.06. The van der Waals surface area contributed by atoms with E-state index in [4.69, 9.17) is 14.0 Å². The maximum atomic E-state index is 11.3. The SMILES string of the molecule is COc1ccc(-c2noc(/C(=C/c3ccc(O)cc3)CC(=O)O)n2)cc1OC. The van der Waals surface area contributed by atoms with Crippen LogP contribution in [0.15, 0.2) is 47.0 Å². The number of rotatable bonds is 7. The first-order valence-electron chi connectivity index (χ1n) is 8.28. The Bertz CT molecular complexity index is 1010. The Kier molecular flexibility index (Phi) is 5.59. The Hall–Kier alpha value is -3.81. The van der Waals surface area contributed by atoms with Crippen LogP contribution in [0, 0.1) is 0 Å². The molecule has 0 aliphatic carbocycles. The van der Waals surface area contributed by atoms with E-state index in [2.05, 4.69) is 10.1 Å². The number of aromatic nitrogens is 2. The molecule has 0 atom stereocenters. The molecule has 144 valence electrons. The molecule has 3 rings (SSSR count). The maximum absolute atomic E-state index is 11.3. The van der Waals surface area contributed by atoms with Crippen LogP contribution < -0.4 is 9.47 Å². The van der Waals surface area contributed by atoms with Gasteiger partial charge in [-0.05, 0) is 42.0 Å². The third kappa shape index (κ3) is 4.29. The molecule has 8 heteroatoms. The van der Waals surface area contributed by atoms with E-state index in [1.54, 1.807) is 36.4 Å². The molecular formula is C20H18N2O6. The fourth-order valence-corrected chi connectivity index (χ4v) is 2.57. The van der Waals surface area contributed by atoms with E-state index in [1.807, 2.05) is 0 Å². The van der Waals surface area contributed by atoms with Crippen LogP contribution in [0.2, 0.25) is 0 Å². The van der Waals surface area contributed by atoms with Crippen molar-refractivity contribution in [2.75, 3.05) is 14.2 Å². The minimum Gasteiger partial charge on any atom is -0.508 e. The lowest BCUT2D eigenvalue weighted by Gasteiger charge is -2.07. The van der Waals surface area contributed by atoms with Crippen LogP contribution in [0.25, 0.3) is 23.0 Å².